The zero-order chi connectivity index (χ0) is 33.6. The molecule has 4 N–H and O–H groups in total. The van der Waals surface area contributed by atoms with Crippen LogP contribution in [0.5, 0.6) is 5.75 Å². The largest absolute Gasteiger partial charge is 0.493 e. The summed E-state index contributed by atoms with van der Waals surface area (Å²) in [5.74, 6) is -0.548. The number of pyridine rings is 1. The van der Waals surface area contributed by atoms with Gasteiger partial charge in [0.05, 0.1) is 18.9 Å². The van der Waals surface area contributed by atoms with Crippen LogP contribution < -0.4 is 15.8 Å². The molecule has 47 heavy (non-hydrogen) atoms. The van der Waals surface area contributed by atoms with E-state index >= 15 is 0 Å². The van der Waals surface area contributed by atoms with Crippen LogP contribution in [0.4, 0.5) is 4.39 Å². The summed E-state index contributed by atoms with van der Waals surface area (Å²) in [6.07, 6.45) is 9.96. The summed E-state index contributed by atoms with van der Waals surface area (Å²) >= 11 is 0. The Morgan fingerprint density at radius 2 is 1.83 bits per heavy atom. The van der Waals surface area contributed by atoms with Gasteiger partial charge in [-0.15, -0.1) is 0 Å². The minimum Gasteiger partial charge on any atom is -0.493 e. The van der Waals surface area contributed by atoms with E-state index in [0.717, 1.165) is 24.0 Å². The molecular formula is C36H44FN5O5. The van der Waals surface area contributed by atoms with Crippen LogP contribution in [-0.4, -0.2) is 64.1 Å². The first-order valence-corrected chi connectivity index (χ1v) is 16.1. The topological polar surface area (TPSA) is 144 Å². The Morgan fingerprint density at radius 3 is 2.57 bits per heavy atom. The number of ether oxygens (including phenoxy) is 1. The number of carbonyl (C=O) groups is 2. The molecule has 0 radical (unpaired) electrons. The standard InChI is InChI=1S/C36H44FN5O5/c1-3-10-42(36(45)30-18-28(34(38)44)17-29(19-30)35-41-9-13-47-35)11-5-6-12-46-33-16-26(15-31(37)20-33)7-8-32(43)24-40-23-27-14-25(4-2)21-39-22-27/h9,13-22,32,40,43H,3-8,10-12,23-24H2,1-2H3,(H2,38,44)/t32-/m0/s1. The molecule has 4 aromatic rings. The number of aromatic nitrogens is 2. The Kier molecular flexibility index (Phi) is 13.4. The molecule has 0 spiro atoms. The van der Waals surface area contributed by atoms with E-state index in [-0.39, 0.29) is 17.4 Å². The average Bonchev–Trinajstić information content (AvgIpc) is 3.61. The lowest BCUT2D eigenvalue weighted by Gasteiger charge is -2.23. The van der Waals surface area contributed by atoms with Gasteiger partial charge in [-0.25, -0.2) is 9.37 Å². The molecular weight excluding hydrogens is 601 g/mol. The molecule has 0 unspecified atom stereocenters. The molecule has 0 aliphatic rings. The number of carbonyl (C=O) groups excluding carboxylic acids is 2. The molecule has 1 atom stereocenters. The molecule has 10 nitrogen and oxygen atoms in total. The van der Waals surface area contributed by atoms with Gasteiger partial charge in [0.1, 0.15) is 17.8 Å². The Hall–Kier alpha value is -4.61. The third-order valence-corrected chi connectivity index (χ3v) is 7.68. The van der Waals surface area contributed by atoms with Crippen molar-refractivity contribution in [3.05, 3.63) is 101 Å². The molecule has 0 aliphatic heterocycles. The van der Waals surface area contributed by atoms with Crippen LogP contribution in [0.3, 0.4) is 0 Å². The predicted molar refractivity (Wildman–Crippen MR) is 177 cm³/mol. The lowest BCUT2D eigenvalue weighted by molar-refractivity contribution is 0.0750. The minimum absolute atomic E-state index is 0.195. The highest BCUT2D eigenvalue weighted by Gasteiger charge is 2.19. The van der Waals surface area contributed by atoms with Crippen LogP contribution >= 0.6 is 0 Å². The zero-order valence-corrected chi connectivity index (χ0v) is 27.1. The summed E-state index contributed by atoms with van der Waals surface area (Å²) in [6.45, 7) is 6.48. The van der Waals surface area contributed by atoms with Crippen molar-refractivity contribution in [3.8, 4) is 17.2 Å². The Balaban J connectivity index is 1.24. The van der Waals surface area contributed by atoms with Gasteiger partial charge in [-0.3, -0.25) is 14.6 Å². The summed E-state index contributed by atoms with van der Waals surface area (Å²) in [5.41, 5.74) is 9.53. The van der Waals surface area contributed by atoms with Crippen molar-refractivity contribution >= 4 is 11.8 Å². The second-order valence-corrected chi connectivity index (χ2v) is 11.5. The van der Waals surface area contributed by atoms with Gasteiger partial charge in [0.15, 0.2) is 0 Å². The number of rotatable bonds is 19. The number of nitrogens with zero attached hydrogens (tertiary/aromatic N) is 3. The van der Waals surface area contributed by atoms with Crippen LogP contribution in [0.15, 0.2) is 71.7 Å². The van der Waals surface area contributed by atoms with Crippen molar-refractivity contribution in [2.75, 3.05) is 26.2 Å². The number of aryl methyl sites for hydroxylation is 2. The number of unbranched alkanes of at least 4 members (excludes halogenated alkanes) is 1. The van der Waals surface area contributed by atoms with Crippen LogP contribution in [0.2, 0.25) is 0 Å². The van der Waals surface area contributed by atoms with Gasteiger partial charge >= 0.3 is 0 Å². The number of primary amides is 1. The smallest absolute Gasteiger partial charge is 0.253 e. The maximum Gasteiger partial charge on any atom is 0.253 e. The summed E-state index contributed by atoms with van der Waals surface area (Å²) < 4.78 is 25.6. The molecule has 0 saturated carbocycles. The van der Waals surface area contributed by atoms with Gasteiger partial charge < -0.3 is 30.2 Å². The second-order valence-electron chi connectivity index (χ2n) is 11.5. The number of benzene rings is 2. The molecule has 0 aliphatic carbocycles. The molecule has 0 bridgehead atoms. The highest BCUT2D eigenvalue weighted by atomic mass is 19.1. The number of oxazole rings is 1. The number of aliphatic hydroxyl groups excluding tert-OH is 1. The van der Waals surface area contributed by atoms with E-state index in [9.17, 15) is 19.1 Å². The van der Waals surface area contributed by atoms with Gasteiger partial charge in [0, 0.05) is 61.3 Å². The van der Waals surface area contributed by atoms with Crippen LogP contribution in [0.25, 0.3) is 11.5 Å². The molecule has 250 valence electrons. The lowest BCUT2D eigenvalue weighted by atomic mass is 10.0. The fourth-order valence-electron chi connectivity index (χ4n) is 5.24. The van der Waals surface area contributed by atoms with Crippen molar-refractivity contribution in [3.63, 3.8) is 0 Å². The Morgan fingerprint density at radius 1 is 1.02 bits per heavy atom. The van der Waals surface area contributed by atoms with Gasteiger partial charge in [-0.2, -0.15) is 0 Å². The third-order valence-electron chi connectivity index (χ3n) is 7.68. The molecule has 0 saturated heterocycles. The van der Waals surface area contributed by atoms with E-state index < -0.39 is 17.8 Å². The molecule has 4 rings (SSSR count). The van der Waals surface area contributed by atoms with E-state index in [2.05, 4.69) is 28.3 Å². The molecule has 2 aromatic heterocycles. The number of nitrogens with one attached hydrogen (secondary N) is 1. The van der Waals surface area contributed by atoms with Gasteiger partial charge in [-0.05, 0) is 85.5 Å². The number of aliphatic hydroxyl groups is 1. The molecule has 0 fully saturated rings. The maximum absolute atomic E-state index is 14.4. The van der Waals surface area contributed by atoms with Crippen LogP contribution in [-0.2, 0) is 19.4 Å². The minimum atomic E-state index is -0.650. The normalized spacial score (nSPS) is 11.7. The second kappa shape index (κ2) is 17.9. The number of hydrogen-bond donors (Lipinski definition) is 3. The number of nitrogens with two attached hydrogens (primary N) is 1. The number of amides is 2. The fraction of sp³-hybridized carbons (Fsp3) is 0.389. The first-order chi connectivity index (χ1) is 22.7. The first kappa shape index (κ1) is 35.2. The first-order valence-electron chi connectivity index (χ1n) is 16.1. The van der Waals surface area contributed by atoms with E-state index in [0.29, 0.717) is 75.3 Å². The molecule has 2 aromatic carbocycles. The summed E-state index contributed by atoms with van der Waals surface area (Å²) in [4.78, 5) is 35.5. The van der Waals surface area contributed by atoms with Crippen molar-refractivity contribution in [2.45, 2.75) is 65.0 Å². The van der Waals surface area contributed by atoms with Gasteiger partial charge in [-0.1, -0.05) is 19.9 Å². The highest BCUT2D eigenvalue weighted by molar-refractivity contribution is 6.00. The highest BCUT2D eigenvalue weighted by Crippen LogP contribution is 2.23. The van der Waals surface area contributed by atoms with Crippen LogP contribution in [0.1, 0.15) is 76.9 Å². The molecule has 11 heteroatoms. The van der Waals surface area contributed by atoms with Gasteiger partial charge in [0.2, 0.25) is 11.8 Å². The van der Waals surface area contributed by atoms with Gasteiger partial charge in [0.25, 0.3) is 5.91 Å². The lowest BCUT2D eigenvalue weighted by Crippen LogP contribution is -2.33. The number of halogens is 1. The Bertz CT molecular complexity index is 1600. The van der Waals surface area contributed by atoms with E-state index in [1.165, 1.54) is 36.2 Å². The van der Waals surface area contributed by atoms with Crippen molar-refractivity contribution < 1.29 is 28.2 Å². The maximum atomic E-state index is 14.4. The van der Waals surface area contributed by atoms with E-state index in [1.54, 1.807) is 23.1 Å². The molecule has 2 heterocycles. The third kappa shape index (κ3) is 11.0. The van der Waals surface area contributed by atoms with E-state index in [4.69, 9.17) is 14.9 Å². The number of hydrogen-bond acceptors (Lipinski definition) is 8. The summed E-state index contributed by atoms with van der Waals surface area (Å²) in [7, 11) is 0. The average molecular weight is 646 g/mol. The molecule has 2 amide bonds. The van der Waals surface area contributed by atoms with E-state index in [1.807, 2.05) is 19.3 Å². The zero-order valence-electron chi connectivity index (χ0n) is 27.1. The summed E-state index contributed by atoms with van der Waals surface area (Å²) in [6, 6.07) is 11.4. The Labute approximate surface area is 275 Å². The van der Waals surface area contributed by atoms with Crippen molar-refractivity contribution in [1.82, 2.24) is 20.2 Å². The SMILES string of the molecule is CCCN(CCCCOc1cc(F)cc(CC[C@H](O)CNCc2cncc(CC)c2)c1)C(=O)c1cc(C(N)=O)cc(-c2ncco2)c1. The van der Waals surface area contributed by atoms with Crippen LogP contribution in [0, 0.1) is 5.82 Å². The quantitative estimate of drug-likeness (QED) is 0.116. The van der Waals surface area contributed by atoms with Crippen molar-refractivity contribution in [1.29, 1.82) is 0 Å². The van der Waals surface area contributed by atoms with Crippen molar-refractivity contribution in [2.24, 2.45) is 5.73 Å². The monoisotopic (exact) mass is 645 g/mol. The fourth-order valence-corrected chi connectivity index (χ4v) is 5.24. The summed E-state index contributed by atoms with van der Waals surface area (Å²) in [5, 5.41) is 13.7. The predicted octanol–water partition coefficient (Wildman–Crippen LogP) is 5.33.